The molecule has 36 heavy (non-hydrogen) atoms. The zero-order valence-corrected chi connectivity index (χ0v) is 20.2. The molecule has 0 saturated carbocycles. The van der Waals surface area contributed by atoms with Gasteiger partial charge in [-0.25, -0.2) is 14.8 Å². The lowest BCUT2D eigenvalue weighted by atomic mass is 10.0. The number of hydrogen-bond acceptors (Lipinski definition) is 8. The highest BCUT2D eigenvalue weighted by molar-refractivity contribution is 5.96. The van der Waals surface area contributed by atoms with Gasteiger partial charge in [0.2, 0.25) is 0 Å². The number of nitrogens with one attached hydrogen (secondary N) is 1. The molecule has 1 atom stereocenters. The van der Waals surface area contributed by atoms with Crippen LogP contribution in [0.3, 0.4) is 0 Å². The number of ether oxygens (including phenoxy) is 4. The summed E-state index contributed by atoms with van der Waals surface area (Å²) in [5.41, 5.74) is 2.97. The van der Waals surface area contributed by atoms with Crippen molar-refractivity contribution in [2.45, 2.75) is 19.8 Å². The van der Waals surface area contributed by atoms with Crippen LogP contribution in [-0.4, -0.2) is 42.4 Å². The van der Waals surface area contributed by atoms with E-state index in [2.05, 4.69) is 15.3 Å². The highest BCUT2D eigenvalue weighted by atomic mass is 16.5. The minimum atomic E-state index is -0.570. The summed E-state index contributed by atoms with van der Waals surface area (Å²) in [6.45, 7) is 5.46. The van der Waals surface area contributed by atoms with Crippen LogP contribution in [-0.2, 0) is 4.74 Å². The van der Waals surface area contributed by atoms with Crippen LogP contribution in [0, 0.1) is 0 Å². The fourth-order valence-electron chi connectivity index (χ4n) is 4.11. The lowest BCUT2D eigenvalue weighted by molar-refractivity contribution is 0.0465. The van der Waals surface area contributed by atoms with Crippen LogP contribution in [0.5, 0.6) is 17.2 Å². The third-order valence-corrected chi connectivity index (χ3v) is 5.79. The molecule has 8 nitrogen and oxygen atoms in total. The number of aromatic nitrogens is 2. The molecule has 3 aromatic carbocycles. The number of benzene rings is 3. The van der Waals surface area contributed by atoms with Gasteiger partial charge < -0.3 is 24.3 Å². The highest BCUT2D eigenvalue weighted by Gasteiger charge is 2.27. The van der Waals surface area contributed by atoms with E-state index in [9.17, 15) is 4.79 Å². The maximum Gasteiger partial charge on any atom is 0.360 e. The van der Waals surface area contributed by atoms with Crippen LogP contribution >= 0.6 is 0 Å². The lowest BCUT2D eigenvalue weighted by Gasteiger charge is -2.16. The van der Waals surface area contributed by atoms with Crippen LogP contribution in [0.25, 0.3) is 11.0 Å². The molecule has 0 fully saturated rings. The standard InChI is InChI=1S/C28H27N3O5/c1-3-33-19-13-14-25(34-4-2)23(15-19)31-27-26(29-21-10-6-7-11-22(21)30-27)28(32)36-17-18-16-35-24-12-8-5-9-20(18)24/h5-15,18H,3-4,16-17H2,1-2H3,(H,30,31)/t18-/m1/s1. The molecular formula is C28H27N3O5. The molecule has 1 N–H and O–H groups in total. The molecule has 1 aromatic heterocycles. The van der Waals surface area contributed by atoms with Gasteiger partial charge in [0, 0.05) is 11.6 Å². The number of para-hydroxylation sites is 3. The Kier molecular flexibility index (Phi) is 6.84. The van der Waals surface area contributed by atoms with E-state index in [0.29, 0.717) is 48.0 Å². The van der Waals surface area contributed by atoms with Crippen molar-refractivity contribution >= 4 is 28.5 Å². The molecule has 184 valence electrons. The van der Waals surface area contributed by atoms with Crippen molar-refractivity contribution in [1.29, 1.82) is 0 Å². The van der Waals surface area contributed by atoms with Gasteiger partial charge in [0.1, 0.15) is 23.9 Å². The van der Waals surface area contributed by atoms with Gasteiger partial charge in [-0.1, -0.05) is 30.3 Å². The molecule has 8 heteroatoms. The van der Waals surface area contributed by atoms with Crippen molar-refractivity contribution < 1.29 is 23.7 Å². The summed E-state index contributed by atoms with van der Waals surface area (Å²) in [6, 6.07) is 20.6. The predicted octanol–water partition coefficient (Wildman–Crippen LogP) is 5.50. The number of esters is 1. The second-order valence-corrected chi connectivity index (χ2v) is 8.20. The van der Waals surface area contributed by atoms with Gasteiger partial charge in [0.15, 0.2) is 11.5 Å². The monoisotopic (exact) mass is 485 g/mol. The highest BCUT2D eigenvalue weighted by Crippen LogP contribution is 2.35. The summed E-state index contributed by atoms with van der Waals surface area (Å²) in [6.07, 6.45) is 0. The quantitative estimate of drug-likeness (QED) is 0.311. The van der Waals surface area contributed by atoms with E-state index in [1.54, 1.807) is 0 Å². The molecule has 5 rings (SSSR count). The molecule has 1 aliphatic heterocycles. The van der Waals surface area contributed by atoms with Crippen molar-refractivity contribution in [2.24, 2.45) is 0 Å². The molecule has 1 aliphatic rings. The maximum atomic E-state index is 13.3. The Hall–Kier alpha value is -4.33. The summed E-state index contributed by atoms with van der Waals surface area (Å²) in [5.74, 6) is 1.76. The summed E-state index contributed by atoms with van der Waals surface area (Å²) in [5, 5.41) is 3.24. The second-order valence-electron chi connectivity index (χ2n) is 8.20. The van der Waals surface area contributed by atoms with E-state index in [1.807, 2.05) is 80.6 Å². The first-order chi connectivity index (χ1) is 17.7. The molecule has 4 aromatic rings. The Morgan fingerprint density at radius 1 is 0.972 bits per heavy atom. The predicted molar refractivity (Wildman–Crippen MR) is 137 cm³/mol. The molecule has 0 unspecified atom stereocenters. The van der Waals surface area contributed by atoms with Crippen molar-refractivity contribution in [2.75, 3.05) is 31.7 Å². The van der Waals surface area contributed by atoms with Crippen LogP contribution in [0.1, 0.15) is 35.8 Å². The van der Waals surface area contributed by atoms with E-state index < -0.39 is 5.97 Å². The first kappa shape index (κ1) is 23.4. The molecule has 0 bridgehead atoms. The van der Waals surface area contributed by atoms with Gasteiger partial charge >= 0.3 is 5.97 Å². The molecule has 0 spiro atoms. The SMILES string of the molecule is CCOc1ccc(OCC)c(Nc2nc3ccccc3nc2C(=O)OC[C@H]2COc3ccccc32)c1. The van der Waals surface area contributed by atoms with Crippen LogP contribution in [0.15, 0.2) is 66.7 Å². The average Bonchev–Trinajstić information content (AvgIpc) is 3.32. The van der Waals surface area contributed by atoms with E-state index in [4.69, 9.17) is 18.9 Å². The van der Waals surface area contributed by atoms with Crippen LogP contribution in [0.2, 0.25) is 0 Å². The van der Waals surface area contributed by atoms with Crippen molar-refractivity contribution in [3.63, 3.8) is 0 Å². The summed E-state index contributed by atoms with van der Waals surface area (Å²) >= 11 is 0. The Labute approximate surface area is 209 Å². The Balaban J connectivity index is 1.45. The Morgan fingerprint density at radius 2 is 1.72 bits per heavy atom. The number of nitrogens with zero attached hydrogens (tertiary/aromatic N) is 2. The van der Waals surface area contributed by atoms with Gasteiger partial charge in [-0.15, -0.1) is 0 Å². The second kappa shape index (κ2) is 10.5. The van der Waals surface area contributed by atoms with Crippen LogP contribution in [0.4, 0.5) is 11.5 Å². The number of hydrogen-bond donors (Lipinski definition) is 1. The minimum absolute atomic E-state index is 0.0394. The molecule has 0 radical (unpaired) electrons. The molecule has 0 aliphatic carbocycles. The first-order valence-electron chi connectivity index (χ1n) is 12.0. The fourth-order valence-corrected chi connectivity index (χ4v) is 4.11. The number of carbonyl (C=O) groups is 1. The number of rotatable bonds is 9. The van der Waals surface area contributed by atoms with E-state index in [-0.39, 0.29) is 24.0 Å². The number of anilines is 2. The van der Waals surface area contributed by atoms with Gasteiger partial charge in [0.05, 0.1) is 42.5 Å². The normalized spacial score (nSPS) is 14.1. The largest absolute Gasteiger partial charge is 0.494 e. The maximum absolute atomic E-state index is 13.3. The van der Waals surface area contributed by atoms with E-state index >= 15 is 0 Å². The number of carbonyl (C=O) groups excluding carboxylic acids is 1. The lowest BCUT2D eigenvalue weighted by Crippen LogP contribution is -2.17. The smallest absolute Gasteiger partial charge is 0.360 e. The topological polar surface area (TPSA) is 91.8 Å². The van der Waals surface area contributed by atoms with Crippen molar-refractivity contribution in [3.05, 3.63) is 78.0 Å². The summed E-state index contributed by atoms with van der Waals surface area (Å²) < 4.78 is 22.9. The summed E-state index contributed by atoms with van der Waals surface area (Å²) in [7, 11) is 0. The van der Waals surface area contributed by atoms with Crippen molar-refractivity contribution in [3.8, 4) is 17.2 Å². The Bertz CT molecular complexity index is 1390. The van der Waals surface area contributed by atoms with Gasteiger partial charge in [0.25, 0.3) is 0 Å². The summed E-state index contributed by atoms with van der Waals surface area (Å²) in [4.78, 5) is 22.6. The van der Waals surface area contributed by atoms with Gasteiger partial charge in [-0.2, -0.15) is 0 Å². The third-order valence-electron chi connectivity index (χ3n) is 5.79. The molecule has 2 heterocycles. The van der Waals surface area contributed by atoms with Gasteiger partial charge in [-0.3, -0.25) is 0 Å². The third kappa shape index (κ3) is 4.88. The zero-order chi connectivity index (χ0) is 24.9. The van der Waals surface area contributed by atoms with Gasteiger partial charge in [-0.05, 0) is 44.2 Å². The molecular weight excluding hydrogens is 458 g/mol. The van der Waals surface area contributed by atoms with Crippen molar-refractivity contribution in [1.82, 2.24) is 9.97 Å². The van der Waals surface area contributed by atoms with E-state index in [1.165, 1.54) is 0 Å². The van der Waals surface area contributed by atoms with Crippen LogP contribution < -0.4 is 19.5 Å². The molecule has 0 saturated heterocycles. The average molecular weight is 486 g/mol. The Morgan fingerprint density at radius 3 is 2.53 bits per heavy atom. The first-order valence-corrected chi connectivity index (χ1v) is 12.0. The zero-order valence-electron chi connectivity index (χ0n) is 20.2. The molecule has 0 amide bonds. The number of fused-ring (bicyclic) bond motifs is 2. The van der Waals surface area contributed by atoms with E-state index in [0.717, 1.165) is 11.3 Å². The fraction of sp³-hybridized carbons (Fsp3) is 0.250. The minimum Gasteiger partial charge on any atom is -0.494 e.